The average Bonchev–Trinajstić information content (AvgIpc) is 3.02. The molecule has 3 N–H and O–H groups in total. The van der Waals surface area contributed by atoms with Crippen molar-refractivity contribution in [1.82, 2.24) is 5.32 Å². The number of aryl methyl sites for hydroxylation is 1. The van der Waals surface area contributed by atoms with E-state index in [2.05, 4.69) is 5.32 Å². The Labute approximate surface area is 96.0 Å². The lowest BCUT2D eigenvalue weighted by Crippen LogP contribution is -2.29. The molecule has 0 saturated heterocycles. The SMILES string of the molecule is Cc1ccc(C(N)CC(=O)NC2CC2)cc1. The second-order valence-electron chi connectivity index (χ2n) is 4.56. The first-order valence-electron chi connectivity index (χ1n) is 5.76. The van der Waals surface area contributed by atoms with Crippen molar-refractivity contribution in [2.24, 2.45) is 5.73 Å². The van der Waals surface area contributed by atoms with Crippen molar-refractivity contribution in [1.29, 1.82) is 0 Å². The first-order valence-corrected chi connectivity index (χ1v) is 5.76. The summed E-state index contributed by atoms with van der Waals surface area (Å²) >= 11 is 0. The van der Waals surface area contributed by atoms with E-state index in [1.165, 1.54) is 5.56 Å². The number of hydrogen-bond donors (Lipinski definition) is 2. The van der Waals surface area contributed by atoms with Crippen LogP contribution in [0.15, 0.2) is 24.3 Å². The molecule has 1 aliphatic rings. The lowest BCUT2D eigenvalue weighted by molar-refractivity contribution is -0.121. The second kappa shape index (κ2) is 4.66. The van der Waals surface area contributed by atoms with Crippen molar-refractivity contribution in [3.05, 3.63) is 35.4 Å². The van der Waals surface area contributed by atoms with E-state index in [9.17, 15) is 4.79 Å². The zero-order valence-electron chi connectivity index (χ0n) is 9.57. The van der Waals surface area contributed by atoms with E-state index in [0.29, 0.717) is 12.5 Å². The van der Waals surface area contributed by atoms with Crippen molar-refractivity contribution in [2.45, 2.75) is 38.3 Å². The summed E-state index contributed by atoms with van der Waals surface area (Å²) in [7, 11) is 0. The third kappa shape index (κ3) is 3.07. The van der Waals surface area contributed by atoms with Crippen molar-refractivity contribution < 1.29 is 4.79 Å². The van der Waals surface area contributed by atoms with E-state index in [4.69, 9.17) is 5.73 Å². The van der Waals surface area contributed by atoms with Gasteiger partial charge in [-0.2, -0.15) is 0 Å². The maximum atomic E-state index is 11.6. The van der Waals surface area contributed by atoms with E-state index in [1.54, 1.807) is 0 Å². The van der Waals surface area contributed by atoms with Crippen LogP contribution < -0.4 is 11.1 Å². The molecule has 1 fully saturated rings. The first-order chi connectivity index (χ1) is 7.65. The maximum absolute atomic E-state index is 11.6. The van der Waals surface area contributed by atoms with Gasteiger partial charge in [0.1, 0.15) is 0 Å². The highest BCUT2D eigenvalue weighted by Crippen LogP contribution is 2.20. The van der Waals surface area contributed by atoms with Gasteiger partial charge in [0, 0.05) is 18.5 Å². The van der Waals surface area contributed by atoms with Gasteiger partial charge in [0.2, 0.25) is 5.91 Å². The topological polar surface area (TPSA) is 55.1 Å². The summed E-state index contributed by atoms with van der Waals surface area (Å²) in [6.07, 6.45) is 2.61. The Kier molecular flexibility index (Phi) is 3.25. The molecule has 0 heterocycles. The molecule has 86 valence electrons. The lowest BCUT2D eigenvalue weighted by Gasteiger charge is -2.12. The van der Waals surface area contributed by atoms with Gasteiger partial charge >= 0.3 is 0 Å². The number of nitrogens with two attached hydrogens (primary N) is 1. The van der Waals surface area contributed by atoms with Crippen LogP contribution in [0.5, 0.6) is 0 Å². The molecule has 3 nitrogen and oxygen atoms in total. The minimum Gasteiger partial charge on any atom is -0.353 e. The molecule has 0 radical (unpaired) electrons. The molecule has 1 aromatic rings. The first kappa shape index (κ1) is 11.1. The van der Waals surface area contributed by atoms with Crippen molar-refractivity contribution >= 4 is 5.91 Å². The Morgan fingerprint density at radius 2 is 2.06 bits per heavy atom. The molecule has 1 unspecified atom stereocenters. The summed E-state index contributed by atoms with van der Waals surface area (Å²) in [6, 6.07) is 8.24. The van der Waals surface area contributed by atoms with Crippen LogP contribution in [-0.4, -0.2) is 11.9 Å². The van der Waals surface area contributed by atoms with E-state index < -0.39 is 0 Å². The molecular formula is C13H18N2O. The number of hydrogen-bond acceptors (Lipinski definition) is 2. The fraction of sp³-hybridized carbons (Fsp3) is 0.462. The Bertz CT molecular complexity index is 368. The molecule has 1 aromatic carbocycles. The normalized spacial score (nSPS) is 16.9. The van der Waals surface area contributed by atoms with Gasteiger partial charge in [-0.3, -0.25) is 4.79 Å². The monoisotopic (exact) mass is 218 g/mol. The second-order valence-corrected chi connectivity index (χ2v) is 4.56. The van der Waals surface area contributed by atoms with E-state index in [1.807, 2.05) is 31.2 Å². The van der Waals surface area contributed by atoms with Gasteiger partial charge in [-0.15, -0.1) is 0 Å². The highest BCUT2D eigenvalue weighted by Gasteiger charge is 2.24. The van der Waals surface area contributed by atoms with Crippen LogP contribution in [0.1, 0.15) is 36.4 Å². The molecule has 0 spiro atoms. The molecule has 2 rings (SSSR count). The zero-order chi connectivity index (χ0) is 11.5. The third-order valence-corrected chi connectivity index (χ3v) is 2.85. The summed E-state index contributed by atoms with van der Waals surface area (Å²) in [6.45, 7) is 2.04. The number of rotatable bonds is 4. The van der Waals surface area contributed by atoms with E-state index in [0.717, 1.165) is 18.4 Å². The van der Waals surface area contributed by atoms with E-state index in [-0.39, 0.29) is 11.9 Å². The quantitative estimate of drug-likeness (QED) is 0.807. The van der Waals surface area contributed by atoms with Crippen molar-refractivity contribution in [3.63, 3.8) is 0 Å². The van der Waals surface area contributed by atoms with Crippen molar-refractivity contribution in [3.8, 4) is 0 Å². The Balaban J connectivity index is 1.88. The van der Waals surface area contributed by atoms with Crippen LogP contribution >= 0.6 is 0 Å². The van der Waals surface area contributed by atoms with Crippen LogP contribution in [0.3, 0.4) is 0 Å². The molecule has 0 bridgehead atoms. The van der Waals surface area contributed by atoms with Crippen LogP contribution in [0.25, 0.3) is 0 Å². The lowest BCUT2D eigenvalue weighted by atomic mass is 10.0. The van der Waals surface area contributed by atoms with Gasteiger partial charge in [0.05, 0.1) is 0 Å². The summed E-state index contributed by atoms with van der Waals surface area (Å²) in [5.41, 5.74) is 8.21. The molecular weight excluding hydrogens is 200 g/mol. The fourth-order valence-corrected chi connectivity index (χ4v) is 1.65. The Hall–Kier alpha value is -1.35. The van der Waals surface area contributed by atoms with Crippen LogP contribution in [0.4, 0.5) is 0 Å². The number of nitrogens with one attached hydrogen (secondary N) is 1. The maximum Gasteiger partial charge on any atom is 0.222 e. The van der Waals surface area contributed by atoms with Gasteiger partial charge in [-0.05, 0) is 25.3 Å². The highest BCUT2D eigenvalue weighted by molar-refractivity contribution is 5.77. The number of amides is 1. The van der Waals surface area contributed by atoms with Crippen molar-refractivity contribution in [2.75, 3.05) is 0 Å². The molecule has 1 amide bonds. The predicted molar refractivity (Wildman–Crippen MR) is 63.9 cm³/mol. The smallest absolute Gasteiger partial charge is 0.222 e. The Morgan fingerprint density at radius 3 is 2.62 bits per heavy atom. The molecule has 0 aliphatic heterocycles. The highest BCUT2D eigenvalue weighted by atomic mass is 16.1. The summed E-state index contributed by atoms with van der Waals surface area (Å²) in [4.78, 5) is 11.6. The largest absolute Gasteiger partial charge is 0.353 e. The number of benzene rings is 1. The number of carbonyl (C=O) groups is 1. The van der Waals surface area contributed by atoms with Gasteiger partial charge in [-0.1, -0.05) is 29.8 Å². The minimum absolute atomic E-state index is 0.0653. The predicted octanol–water partition coefficient (Wildman–Crippen LogP) is 1.66. The number of carbonyl (C=O) groups excluding carboxylic acids is 1. The molecule has 0 aromatic heterocycles. The summed E-state index contributed by atoms with van der Waals surface area (Å²) in [5.74, 6) is 0.0653. The van der Waals surface area contributed by atoms with E-state index >= 15 is 0 Å². The third-order valence-electron chi connectivity index (χ3n) is 2.85. The molecule has 1 aliphatic carbocycles. The molecule has 16 heavy (non-hydrogen) atoms. The molecule has 1 saturated carbocycles. The van der Waals surface area contributed by atoms with Gasteiger partial charge < -0.3 is 11.1 Å². The Morgan fingerprint density at radius 1 is 1.44 bits per heavy atom. The summed E-state index contributed by atoms with van der Waals surface area (Å²) < 4.78 is 0. The van der Waals surface area contributed by atoms with Crippen LogP contribution in [0, 0.1) is 6.92 Å². The van der Waals surface area contributed by atoms with Gasteiger partial charge in [0.25, 0.3) is 0 Å². The van der Waals surface area contributed by atoms with Crippen LogP contribution in [0.2, 0.25) is 0 Å². The molecule has 1 atom stereocenters. The van der Waals surface area contributed by atoms with Gasteiger partial charge in [-0.25, -0.2) is 0 Å². The van der Waals surface area contributed by atoms with Gasteiger partial charge in [0.15, 0.2) is 0 Å². The van der Waals surface area contributed by atoms with Crippen LogP contribution in [-0.2, 0) is 4.79 Å². The molecule has 3 heteroatoms. The minimum atomic E-state index is -0.195. The zero-order valence-corrected chi connectivity index (χ0v) is 9.57. The fourth-order valence-electron chi connectivity index (χ4n) is 1.65. The standard InChI is InChI=1S/C13H18N2O/c1-9-2-4-10(5-3-9)12(14)8-13(16)15-11-6-7-11/h2-5,11-12H,6-8,14H2,1H3,(H,15,16). The summed E-state index contributed by atoms with van der Waals surface area (Å²) in [5, 5.41) is 2.95. The average molecular weight is 218 g/mol.